The number of carbonyl (C=O) groups excluding carboxylic acids is 1. The number of aryl methyl sites for hydroxylation is 2. The zero-order valence-electron chi connectivity index (χ0n) is 16.0. The molecule has 1 amide bonds. The molecule has 0 fully saturated rings. The van der Waals surface area contributed by atoms with Crippen LogP contribution < -0.4 is 11.0 Å². The van der Waals surface area contributed by atoms with E-state index in [0.29, 0.717) is 0 Å². The molecule has 1 aromatic heterocycles. The van der Waals surface area contributed by atoms with E-state index in [1.807, 2.05) is 25.2 Å². The minimum atomic E-state index is -0.0454. The fourth-order valence-corrected chi connectivity index (χ4v) is 3.99. The van der Waals surface area contributed by atoms with Gasteiger partial charge in [-0.2, -0.15) is 0 Å². The van der Waals surface area contributed by atoms with Crippen LogP contribution in [-0.4, -0.2) is 26.5 Å². The highest BCUT2D eigenvalue weighted by atomic mass is 16.2. The molecule has 2 heterocycles. The average Bonchev–Trinajstić information content (AvgIpc) is 2.86. The Hall–Kier alpha value is -2.86. The van der Waals surface area contributed by atoms with Crippen molar-refractivity contribution in [2.75, 3.05) is 11.9 Å². The lowest BCUT2D eigenvalue weighted by molar-refractivity contribution is -0.114. The molecule has 0 saturated heterocycles. The Labute approximate surface area is 158 Å². The Bertz CT molecular complexity index is 1090. The van der Waals surface area contributed by atoms with Crippen molar-refractivity contribution < 1.29 is 4.79 Å². The highest BCUT2D eigenvalue weighted by Crippen LogP contribution is 2.27. The molecular formula is C21H24N4O2. The molecule has 6 nitrogen and oxygen atoms in total. The van der Waals surface area contributed by atoms with Crippen molar-refractivity contribution in [3.05, 3.63) is 63.6 Å². The maximum Gasteiger partial charge on any atom is 0.328 e. The molecule has 1 aliphatic rings. The van der Waals surface area contributed by atoms with Gasteiger partial charge >= 0.3 is 5.69 Å². The van der Waals surface area contributed by atoms with E-state index in [0.717, 1.165) is 42.8 Å². The van der Waals surface area contributed by atoms with Crippen molar-refractivity contribution in [3.63, 3.8) is 0 Å². The first-order valence-electron chi connectivity index (χ1n) is 9.19. The molecule has 2 aromatic carbocycles. The molecule has 140 valence electrons. The fourth-order valence-electron chi connectivity index (χ4n) is 3.99. The minimum Gasteiger partial charge on any atom is -0.326 e. The highest BCUT2D eigenvalue weighted by molar-refractivity contribution is 5.89. The van der Waals surface area contributed by atoms with E-state index < -0.39 is 0 Å². The van der Waals surface area contributed by atoms with Crippen LogP contribution in [0.15, 0.2) is 41.2 Å². The summed E-state index contributed by atoms with van der Waals surface area (Å²) >= 11 is 0. The van der Waals surface area contributed by atoms with Crippen LogP contribution in [-0.2, 0) is 38.4 Å². The van der Waals surface area contributed by atoms with Crippen LogP contribution in [0.5, 0.6) is 0 Å². The third-order valence-electron chi connectivity index (χ3n) is 5.41. The first-order valence-corrected chi connectivity index (χ1v) is 9.19. The molecule has 4 rings (SSSR count). The number of benzene rings is 2. The summed E-state index contributed by atoms with van der Waals surface area (Å²) in [7, 11) is 3.61. The van der Waals surface area contributed by atoms with Gasteiger partial charge in [-0.15, -0.1) is 0 Å². The lowest BCUT2D eigenvalue weighted by Crippen LogP contribution is -2.31. The predicted molar refractivity (Wildman–Crippen MR) is 107 cm³/mol. The summed E-state index contributed by atoms with van der Waals surface area (Å²) in [5, 5.41) is 2.95. The van der Waals surface area contributed by atoms with Crippen molar-refractivity contribution in [2.45, 2.75) is 26.4 Å². The predicted octanol–water partition coefficient (Wildman–Crippen LogP) is 2.39. The summed E-state index contributed by atoms with van der Waals surface area (Å²) in [5.74, 6) is -0.0454. The van der Waals surface area contributed by atoms with Crippen LogP contribution >= 0.6 is 0 Å². The zero-order valence-corrected chi connectivity index (χ0v) is 16.0. The summed E-state index contributed by atoms with van der Waals surface area (Å²) in [5.41, 5.74) is 6.49. The van der Waals surface area contributed by atoms with Crippen molar-refractivity contribution in [1.82, 2.24) is 14.0 Å². The molecule has 0 atom stereocenters. The Morgan fingerprint density at radius 2 is 1.89 bits per heavy atom. The van der Waals surface area contributed by atoms with Crippen molar-refractivity contribution in [2.24, 2.45) is 14.1 Å². The van der Waals surface area contributed by atoms with Gasteiger partial charge in [0.2, 0.25) is 5.91 Å². The van der Waals surface area contributed by atoms with E-state index >= 15 is 0 Å². The van der Waals surface area contributed by atoms with Crippen molar-refractivity contribution in [3.8, 4) is 0 Å². The number of rotatable bonds is 3. The number of fused-ring (bicyclic) bond motifs is 2. The molecule has 0 spiro atoms. The summed E-state index contributed by atoms with van der Waals surface area (Å²) in [6.45, 7) is 4.13. The van der Waals surface area contributed by atoms with Crippen LogP contribution in [0.25, 0.3) is 11.0 Å². The maximum absolute atomic E-state index is 12.1. The summed E-state index contributed by atoms with van der Waals surface area (Å²) < 4.78 is 3.37. The highest BCUT2D eigenvalue weighted by Gasteiger charge is 2.20. The molecule has 3 aromatic rings. The third kappa shape index (κ3) is 3.17. The van der Waals surface area contributed by atoms with Crippen LogP contribution in [0.3, 0.4) is 0 Å². The first-order chi connectivity index (χ1) is 12.9. The second-order valence-corrected chi connectivity index (χ2v) is 7.31. The Morgan fingerprint density at radius 1 is 1.11 bits per heavy atom. The molecule has 0 radical (unpaired) electrons. The van der Waals surface area contributed by atoms with E-state index in [1.165, 1.54) is 16.7 Å². The number of anilines is 1. The second-order valence-electron chi connectivity index (χ2n) is 7.31. The molecule has 0 unspecified atom stereocenters. The van der Waals surface area contributed by atoms with Crippen LogP contribution in [0.1, 0.15) is 23.6 Å². The van der Waals surface area contributed by atoms with Gasteiger partial charge in [-0.25, -0.2) is 4.79 Å². The standard InChI is InChI=1S/C21H24N4O2/c1-14(26)22-18-6-4-5-16-9-10-25(13-17(16)18)12-15-7-8-19-20(11-15)24(3)21(27)23(19)2/h4-8,11H,9-10,12-13H2,1-3H3,(H,22,26). The van der Waals surface area contributed by atoms with E-state index in [4.69, 9.17) is 0 Å². The molecule has 27 heavy (non-hydrogen) atoms. The van der Waals surface area contributed by atoms with Gasteiger partial charge in [-0.3, -0.25) is 18.8 Å². The van der Waals surface area contributed by atoms with Gasteiger partial charge in [0.25, 0.3) is 0 Å². The monoisotopic (exact) mass is 364 g/mol. The summed E-state index contributed by atoms with van der Waals surface area (Å²) in [6.07, 6.45) is 0.967. The van der Waals surface area contributed by atoms with Crippen LogP contribution in [0.2, 0.25) is 0 Å². The van der Waals surface area contributed by atoms with Gasteiger partial charge in [0.05, 0.1) is 11.0 Å². The largest absolute Gasteiger partial charge is 0.328 e. The summed E-state index contributed by atoms with van der Waals surface area (Å²) in [6, 6.07) is 12.3. The molecule has 0 saturated carbocycles. The molecule has 1 N–H and O–H groups in total. The SMILES string of the molecule is CC(=O)Nc1cccc2c1CN(Cc1ccc3c(c1)n(C)c(=O)n3C)CC2. The van der Waals surface area contributed by atoms with E-state index in [1.54, 1.807) is 23.1 Å². The van der Waals surface area contributed by atoms with Gasteiger partial charge in [0, 0.05) is 46.3 Å². The van der Waals surface area contributed by atoms with Crippen molar-refractivity contribution >= 4 is 22.6 Å². The Kier molecular flexibility index (Phi) is 4.36. The van der Waals surface area contributed by atoms with Crippen molar-refractivity contribution in [1.29, 1.82) is 0 Å². The first kappa shape index (κ1) is 17.5. The number of aromatic nitrogens is 2. The minimum absolute atomic E-state index is 0.00556. The number of carbonyl (C=O) groups is 1. The topological polar surface area (TPSA) is 59.3 Å². The number of amides is 1. The second kappa shape index (κ2) is 6.70. The smallest absolute Gasteiger partial charge is 0.326 e. The molecule has 0 bridgehead atoms. The van der Waals surface area contributed by atoms with Gasteiger partial charge in [-0.05, 0) is 41.3 Å². The number of hydrogen-bond acceptors (Lipinski definition) is 3. The number of nitrogens with zero attached hydrogens (tertiary/aromatic N) is 3. The number of nitrogens with one attached hydrogen (secondary N) is 1. The van der Waals surface area contributed by atoms with Crippen LogP contribution in [0.4, 0.5) is 5.69 Å². The van der Waals surface area contributed by atoms with Gasteiger partial charge in [0.1, 0.15) is 0 Å². The quantitative estimate of drug-likeness (QED) is 0.776. The van der Waals surface area contributed by atoms with Gasteiger partial charge in [-0.1, -0.05) is 18.2 Å². The average molecular weight is 364 g/mol. The van der Waals surface area contributed by atoms with Gasteiger partial charge in [0.15, 0.2) is 0 Å². The van der Waals surface area contributed by atoms with Crippen LogP contribution in [0, 0.1) is 0 Å². The summed E-state index contributed by atoms with van der Waals surface area (Å²) in [4.78, 5) is 26.0. The maximum atomic E-state index is 12.1. The zero-order chi connectivity index (χ0) is 19.1. The van der Waals surface area contributed by atoms with E-state index in [-0.39, 0.29) is 11.6 Å². The number of imidazole rings is 1. The third-order valence-corrected chi connectivity index (χ3v) is 5.41. The van der Waals surface area contributed by atoms with E-state index in [9.17, 15) is 9.59 Å². The molecular weight excluding hydrogens is 340 g/mol. The Balaban J connectivity index is 1.60. The molecule has 6 heteroatoms. The van der Waals surface area contributed by atoms with Gasteiger partial charge < -0.3 is 5.32 Å². The lowest BCUT2D eigenvalue weighted by atomic mass is 9.97. The Morgan fingerprint density at radius 3 is 2.67 bits per heavy atom. The normalized spacial score (nSPS) is 14.3. The molecule has 1 aliphatic heterocycles. The van der Waals surface area contributed by atoms with E-state index in [2.05, 4.69) is 28.4 Å². The fraction of sp³-hybridized carbons (Fsp3) is 0.333. The molecule has 0 aliphatic carbocycles. The lowest BCUT2D eigenvalue weighted by Gasteiger charge is -2.30. The number of hydrogen-bond donors (Lipinski definition) is 1.